The summed E-state index contributed by atoms with van der Waals surface area (Å²) < 4.78 is 5.40. The maximum Gasteiger partial charge on any atom is 0.246 e. The SMILES string of the molecule is CCC(N)(CC)c1nc(CC2CN(C)CCN2C)no1. The molecule has 1 aliphatic heterocycles. The molecule has 0 amide bonds. The summed E-state index contributed by atoms with van der Waals surface area (Å²) in [7, 11) is 4.31. The van der Waals surface area contributed by atoms with Gasteiger partial charge in [-0.25, -0.2) is 0 Å². The Morgan fingerprint density at radius 3 is 2.65 bits per heavy atom. The van der Waals surface area contributed by atoms with Crippen LogP contribution in [-0.4, -0.2) is 59.7 Å². The Morgan fingerprint density at radius 2 is 2.00 bits per heavy atom. The molecular formula is C14H27N5O. The van der Waals surface area contributed by atoms with Gasteiger partial charge in [0.05, 0.1) is 5.54 Å². The number of nitrogens with zero attached hydrogens (tertiary/aromatic N) is 4. The Kier molecular flexibility index (Phi) is 4.78. The van der Waals surface area contributed by atoms with E-state index in [1.807, 2.05) is 0 Å². The highest BCUT2D eigenvalue weighted by atomic mass is 16.5. The van der Waals surface area contributed by atoms with E-state index in [-0.39, 0.29) is 0 Å². The molecule has 0 saturated carbocycles. The third-order valence-electron chi connectivity index (χ3n) is 4.55. The van der Waals surface area contributed by atoms with E-state index in [0.29, 0.717) is 11.9 Å². The van der Waals surface area contributed by atoms with Gasteiger partial charge in [0.15, 0.2) is 5.82 Å². The van der Waals surface area contributed by atoms with Crippen LogP contribution in [0.4, 0.5) is 0 Å². The molecule has 6 heteroatoms. The molecule has 1 saturated heterocycles. The molecule has 114 valence electrons. The first kappa shape index (κ1) is 15.4. The van der Waals surface area contributed by atoms with Gasteiger partial charge in [0.1, 0.15) is 0 Å². The van der Waals surface area contributed by atoms with Crippen LogP contribution in [0.5, 0.6) is 0 Å². The van der Waals surface area contributed by atoms with Crippen molar-refractivity contribution in [2.45, 2.75) is 44.7 Å². The predicted molar refractivity (Wildman–Crippen MR) is 78.4 cm³/mol. The molecule has 0 radical (unpaired) electrons. The van der Waals surface area contributed by atoms with E-state index in [2.05, 4.69) is 47.9 Å². The van der Waals surface area contributed by atoms with Gasteiger partial charge >= 0.3 is 0 Å². The average Bonchev–Trinajstić information content (AvgIpc) is 2.91. The molecule has 0 aromatic carbocycles. The first-order valence-electron chi connectivity index (χ1n) is 7.49. The molecule has 1 aromatic rings. The molecule has 1 atom stereocenters. The summed E-state index contributed by atoms with van der Waals surface area (Å²) >= 11 is 0. The van der Waals surface area contributed by atoms with Crippen LogP contribution in [0, 0.1) is 0 Å². The second-order valence-corrected chi connectivity index (χ2v) is 5.98. The van der Waals surface area contributed by atoms with E-state index in [4.69, 9.17) is 10.3 Å². The van der Waals surface area contributed by atoms with Gasteiger partial charge in [0, 0.05) is 32.1 Å². The minimum atomic E-state index is -0.486. The molecule has 2 heterocycles. The van der Waals surface area contributed by atoms with Crippen molar-refractivity contribution in [3.63, 3.8) is 0 Å². The fourth-order valence-corrected chi connectivity index (χ4v) is 2.62. The maximum atomic E-state index is 6.30. The van der Waals surface area contributed by atoms with Crippen molar-refractivity contribution < 1.29 is 4.52 Å². The zero-order chi connectivity index (χ0) is 14.8. The van der Waals surface area contributed by atoms with Gasteiger partial charge in [-0.05, 0) is 26.9 Å². The molecule has 2 N–H and O–H groups in total. The van der Waals surface area contributed by atoms with Crippen LogP contribution in [-0.2, 0) is 12.0 Å². The summed E-state index contributed by atoms with van der Waals surface area (Å²) in [6.45, 7) is 7.34. The third-order valence-corrected chi connectivity index (χ3v) is 4.55. The molecule has 20 heavy (non-hydrogen) atoms. The number of aromatic nitrogens is 2. The fraction of sp³-hybridized carbons (Fsp3) is 0.857. The quantitative estimate of drug-likeness (QED) is 0.862. The highest BCUT2D eigenvalue weighted by Crippen LogP contribution is 2.24. The lowest BCUT2D eigenvalue weighted by atomic mass is 9.94. The minimum Gasteiger partial charge on any atom is -0.337 e. The van der Waals surface area contributed by atoms with Crippen molar-refractivity contribution in [1.82, 2.24) is 19.9 Å². The topological polar surface area (TPSA) is 71.4 Å². The Morgan fingerprint density at radius 1 is 1.30 bits per heavy atom. The monoisotopic (exact) mass is 281 g/mol. The summed E-state index contributed by atoms with van der Waals surface area (Å²) in [5, 5.41) is 4.12. The fourth-order valence-electron chi connectivity index (χ4n) is 2.62. The van der Waals surface area contributed by atoms with Crippen LogP contribution < -0.4 is 5.73 Å². The lowest BCUT2D eigenvalue weighted by Gasteiger charge is -2.37. The molecule has 1 aliphatic rings. The lowest BCUT2D eigenvalue weighted by Crippen LogP contribution is -2.50. The highest BCUT2D eigenvalue weighted by Gasteiger charge is 2.31. The van der Waals surface area contributed by atoms with Crippen LogP contribution in [0.3, 0.4) is 0 Å². The molecule has 1 fully saturated rings. The largest absolute Gasteiger partial charge is 0.337 e. The van der Waals surface area contributed by atoms with E-state index >= 15 is 0 Å². The minimum absolute atomic E-state index is 0.439. The Hall–Kier alpha value is -0.980. The summed E-state index contributed by atoms with van der Waals surface area (Å²) in [6, 6.07) is 0.439. The number of hydrogen-bond acceptors (Lipinski definition) is 6. The van der Waals surface area contributed by atoms with Gasteiger partial charge in [-0.15, -0.1) is 0 Å². The van der Waals surface area contributed by atoms with Gasteiger partial charge in [-0.3, -0.25) is 0 Å². The zero-order valence-corrected chi connectivity index (χ0v) is 13.1. The number of likely N-dealkylation sites (N-methyl/N-ethyl adjacent to an activating group) is 2. The normalized spacial score (nSPS) is 22.4. The Labute approximate surface area is 121 Å². The van der Waals surface area contributed by atoms with Gasteiger partial charge in [-0.2, -0.15) is 4.98 Å². The van der Waals surface area contributed by atoms with Crippen LogP contribution in [0.15, 0.2) is 4.52 Å². The number of hydrogen-bond donors (Lipinski definition) is 1. The van der Waals surface area contributed by atoms with Crippen LogP contribution in [0.1, 0.15) is 38.4 Å². The first-order valence-corrected chi connectivity index (χ1v) is 7.49. The van der Waals surface area contributed by atoms with E-state index in [0.717, 1.165) is 44.7 Å². The van der Waals surface area contributed by atoms with Crippen LogP contribution in [0.25, 0.3) is 0 Å². The van der Waals surface area contributed by atoms with Crippen molar-refractivity contribution in [2.24, 2.45) is 5.73 Å². The molecular weight excluding hydrogens is 254 g/mol. The Balaban J connectivity index is 2.06. The van der Waals surface area contributed by atoms with E-state index in [1.165, 1.54) is 0 Å². The molecule has 0 bridgehead atoms. The second-order valence-electron chi connectivity index (χ2n) is 5.98. The van der Waals surface area contributed by atoms with Gasteiger partial charge in [0.2, 0.25) is 5.89 Å². The summed E-state index contributed by atoms with van der Waals surface area (Å²) in [5.74, 6) is 1.34. The molecule has 1 aromatic heterocycles. The number of rotatable bonds is 5. The molecule has 0 spiro atoms. The van der Waals surface area contributed by atoms with Crippen LogP contribution in [0.2, 0.25) is 0 Å². The van der Waals surface area contributed by atoms with Gasteiger partial charge < -0.3 is 20.1 Å². The van der Waals surface area contributed by atoms with E-state index in [1.54, 1.807) is 0 Å². The standard InChI is InChI=1S/C14H27N5O/c1-5-14(15,6-2)13-16-12(17-20-13)9-11-10-18(3)7-8-19(11)4/h11H,5-10,15H2,1-4H3. The summed E-state index contributed by atoms with van der Waals surface area (Å²) in [6.07, 6.45) is 2.42. The first-order chi connectivity index (χ1) is 9.48. The number of piperazine rings is 1. The highest BCUT2D eigenvalue weighted by molar-refractivity contribution is 5.02. The van der Waals surface area contributed by atoms with Crippen LogP contribution >= 0.6 is 0 Å². The van der Waals surface area contributed by atoms with E-state index < -0.39 is 5.54 Å². The van der Waals surface area contributed by atoms with Crippen molar-refractivity contribution in [1.29, 1.82) is 0 Å². The van der Waals surface area contributed by atoms with Gasteiger partial charge in [-0.1, -0.05) is 19.0 Å². The second kappa shape index (κ2) is 6.20. The molecule has 1 unspecified atom stereocenters. The lowest BCUT2D eigenvalue weighted by molar-refractivity contribution is 0.113. The third kappa shape index (κ3) is 3.19. The van der Waals surface area contributed by atoms with Crippen molar-refractivity contribution in [3.8, 4) is 0 Å². The van der Waals surface area contributed by atoms with Crippen molar-refractivity contribution in [3.05, 3.63) is 11.7 Å². The Bertz CT molecular complexity index is 429. The molecule has 0 aliphatic carbocycles. The van der Waals surface area contributed by atoms with Crippen molar-refractivity contribution in [2.75, 3.05) is 33.7 Å². The summed E-state index contributed by atoms with van der Waals surface area (Å²) in [5.41, 5.74) is 5.81. The molecule has 6 nitrogen and oxygen atoms in total. The van der Waals surface area contributed by atoms with E-state index in [9.17, 15) is 0 Å². The zero-order valence-electron chi connectivity index (χ0n) is 13.1. The number of nitrogens with two attached hydrogens (primary N) is 1. The maximum absolute atomic E-state index is 6.30. The average molecular weight is 281 g/mol. The smallest absolute Gasteiger partial charge is 0.246 e. The molecule has 2 rings (SSSR count). The van der Waals surface area contributed by atoms with Gasteiger partial charge in [0.25, 0.3) is 0 Å². The van der Waals surface area contributed by atoms with Crippen molar-refractivity contribution >= 4 is 0 Å². The predicted octanol–water partition coefficient (Wildman–Crippen LogP) is 0.832. The summed E-state index contributed by atoms with van der Waals surface area (Å²) in [4.78, 5) is 9.24.